The number of halogens is 1. The Morgan fingerprint density at radius 2 is 1.72 bits per heavy atom. The average molecular weight is 406 g/mol. The van der Waals surface area contributed by atoms with Crippen molar-refractivity contribution in [1.82, 2.24) is 0 Å². The second-order valence-corrected chi connectivity index (χ2v) is 6.39. The van der Waals surface area contributed by atoms with E-state index < -0.39 is 12.1 Å². The van der Waals surface area contributed by atoms with Crippen LogP contribution in [0, 0.1) is 0 Å². The lowest BCUT2D eigenvalue weighted by molar-refractivity contribution is -0.153. The van der Waals surface area contributed by atoms with Crippen LogP contribution in [0.25, 0.3) is 0 Å². The number of methoxy groups -OCH3 is 1. The molecule has 132 valence electrons. The van der Waals surface area contributed by atoms with Crippen molar-refractivity contribution in [2.75, 3.05) is 12.4 Å². The van der Waals surface area contributed by atoms with E-state index in [0.717, 1.165) is 15.8 Å². The third-order valence-electron chi connectivity index (χ3n) is 3.57. The quantitative estimate of drug-likeness (QED) is 0.707. The average Bonchev–Trinajstić information content (AvgIpc) is 2.62. The molecule has 2 aromatic rings. The fourth-order valence-electron chi connectivity index (χ4n) is 2.13. The van der Waals surface area contributed by atoms with Crippen molar-refractivity contribution in [2.24, 2.45) is 0 Å². The first kappa shape index (κ1) is 19.0. The highest BCUT2D eigenvalue weighted by molar-refractivity contribution is 9.10. The molecule has 1 amide bonds. The third-order valence-corrected chi connectivity index (χ3v) is 4.09. The molecule has 0 heterocycles. The molecule has 0 saturated carbocycles. The summed E-state index contributed by atoms with van der Waals surface area (Å²) < 4.78 is 11.2. The summed E-state index contributed by atoms with van der Waals surface area (Å²) in [6, 6.07) is 14.7. The van der Waals surface area contributed by atoms with Gasteiger partial charge in [0.15, 0.2) is 6.10 Å². The Hall–Kier alpha value is -2.34. The SMILES string of the molecule is COc1ccc(CCC(=O)O[C@H](C)C(=O)Nc2ccc(Br)cc2)cc1. The van der Waals surface area contributed by atoms with Crippen molar-refractivity contribution < 1.29 is 19.1 Å². The Balaban J connectivity index is 1.78. The van der Waals surface area contributed by atoms with Crippen molar-refractivity contribution in [3.8, 4) is 5.75 Å². The van der Waals surface area contributed by atoms with E-state index in [1.165, 1.54) is 0 Å². The lowest BCUT2D eigenvalue weighted by atomic mass is 10.1. The van der Waals surface area contributed by atoms with Gasteiger partial charge in [0.2, 0.25) is 0 Å². The first-order valence-electron chi connectivity index (χ1n) is 7.87. The van der Waals surface area contributed by atoms with E-state index >= 15 is 0 Å². The molecule has 0 spiro atoms. The van der Waals surface area contributed by atoms with Crippen LogP contribution in [-0.4, -0.2) is 25.1 Å². The van der Waals surface area contributed by atoms with E-state index in [4.69, 9.17) is 9.47 Å². The van der Waals surface area contributed by atoms with Gasteiger partial charge in [-0.1, -0.05) is 28.1 Å². The predicted octanol–water partition coefficient (Wildman–Crippen LogP) is 3.96. The van der Waals surface area contributed by atoms with E-state index in [1.807, 2.05) is 36.4 Å². The molecule has 5 nitrogen and oxygen atoms in total. The van der Waals surface area contributed by atoms with Crippen LogP contribution >= 0.6 is 15.9 Å². The van der Waals surface area contributed by atoms with Crippen LogP contribution in [0.1, 0.15) is 18.9 Å². The molecule has 0 aliphatic carbocycles. The Labute approximate surface area is 155 Å². The van der Waals surface area contributed by atoms with Gasteiger partial charge in [0.1, 0.15) is 5.75 Å². The Morgan fingerprint density at radius 1 is 1.08 bits per heavy atom. The molecule has 0 fully saturated rings. The number of carbonyl (C=O) groups excluding carboxylic acids is 2. The monoisotopic (exact) mass is 405 g/mol. The zero-order valence-electron chi connectivity index (χ0n) is 14.1. The van der Waals surface area contributed by atoms with Crippen molar-refractivity contribution >= 4 is 33.5 Å². The Bertz CT molecular complexity index is 713. The molecule has 1 N–H and O–H groups in total. The number of nitrogens with one attached hydrogen (secondary N) is 1. The molecule has 0 aromatic heterocycles. The number of carbonyl (C=O) groups is 2. The summed E-state index contributed by atoms with van der Waals surface area (Å²) in [7, 11) is 1.60. The summed E-state index contributed by atoms with van der Waals surface area (Å²) in [6.07, 6.45) is -0.0986. The standard InChI is InChI=1S/C19H20BrNO4/c1-13(19(23)21-16-8-6-15(20)7-9-16)25-18(22)12-5-14-3-10-17(24-2)11-4-14/h3-4,6-11,13H,5,12H2,1-2H3,(H,21,23)/t13-/m1/s1. The van der Waals surface area contributed by atoms with Crippen LogP contribution in [0.5, 0.6) is 5.75 Å². The van der Waals surface area contributed by atoms with E-state index in [2.05, 4.69) is 21.2 Å². The molecule has 0 unspecified atom stereocenters. The van der Waals surface area contributed by atoms with E-state index in [9.17, 15) is 9.59 Å². The molecule has 0 saturated heterocycles. The van der Waals surface area contributed by atoms with Gasteiger partial charge >= 0.3 is 5.97 Å². The van der Waals surface area contributed by atoms with Crippen LogP contribution in [0.4, 0.5) is 5.69 Å². The number of hydrogen-bond donors (Lipinski definition) is 1. The lowest BCUT2D eigenvalue weighted by Crippen LogP contribution is -2.30. The molecule has 2 rings (SSSR count). The molecule has 6 heteroatoms. The first-order chi connectivity index (χ1) is 12.0. The summed E-state index contributed by atoms with van der Waals surface area (Å²) in [4.78, 5) is 24.0. The van der Waals surface area contributed by atoms with Gasteiger partial charge in [-0.2, -0.15) is 0 Å². The Morgan fingerprint density at radius 3 is 2.32 bits per heavy atom. The van der Waals surface area contributed by atoms with Crippen molar-refractivity contribution in [3.63, 3.8) is 0 Å². The summed E-state index contributed by atoms with van der Waals surface area (Å²) in [5, 5.41) is 2.71. The van der Waals surface area contributed by atoms with Crippen LogP contribution in [0.2, 0.25) is 0 Å². The van der Waals surface area contributed by atoms with Crippen molar-refractivity contribution in [1.29, 1.82) is 0 Å². The number of amides is 1. The maximum Gasteiger partial charge on any atom is 0.306 e. The highest BCUT2D eigenvalue weighted by Gasteiger charge is 2.17. The number of esters is 1. The molecule has 25 heavy (non-hydrogen) atoms. The van der Waals surface area contributed by atoms with Crippen LogP contribution < -0.4 is 10.1 Å². The minimum Gasteiger partial charge on any atom is -0.497 e. The van der Waals surface area contributed by atoms with Gasteiger partial charge < -0.3 is 14.8 Å². The number of anilines is 1. The summed E-state index contributed by atoms with van der Waals surface area (Å²) in [5.74, 6) is -0.000967. The number of hydrogen-bond acceptors (Lipinski definition) is 4. The van der Waals surface area contributed by atoms with Gasteiger partial charge in [0.25, 0.3) is 5.91 Å². The van der Waals surface area contributed by atoms with Gasteiger partial charge in [-0.05, 0) is 55.3 Å². The zero-order chi connectivity index (χ0) is 18.2. The predicted molar refractivity (Wildman–Crippen MR) is 99.6 cm³/mol. The zero-order valence-corrected chi connectivity index (χ0v) is 15.7. The number of ether oxygens (including phenoxy) is 2. The number of benzene rings is 2. The maximum absolute atomic E-state index is 12.1. The van der Waals surface area contributed by atoms with Crippen LogP contribution in [0.3, 0.4) is 0 Å². The molecule has 0 aliphatic rings. The lowest BCUT2D eigenvalue weighted by Gasteiger charge is -2.13. The molecule has 0 aliphatic heterocycles. The molecular weight excluding hydrogens is 386 g/mol. The minimum absolute atomic E-state index is 0.211. The van der Waals surface area contributed by atoms with Gasteiger partial charge in [0.05, 0.1) is 7.11 Å². The number of aryl methyl sites for hydroxylation is 1. The third kappa shape index (κ3) is 6.23. The summed E-state index contributed by atoms with van der Waals surface area (Å²) >= 11 is 3.33. The Kier molecular flexibility index (Phi) is 7.01. The molecular formula is C19H20BrNO4. The van der Waals surface area contributed by atoms with E-state index in [1.54, 1.807) is 26.2 Å². The fraction of sp³-hybridized carbons (Fsp3) is 0.263. The molecule has 1 atom stereocenters. The first-order valence-corrected chi connectivity index (χ1v) is 8.66. The van der Waals surface area contributed by atoms with Crippen LogP contribution in [-0.2, 0) is 20.7 Å². The fourth-order valence-corrected chi connectivity index (χ4v) is 2.39. The molecule has 2 aromatic carbocycles. The second kappa shape index (κ2) is 9.22. The highest BCUT2D eigenvalue weighted by atomic mass is 79.9. The maximum atomic E-state index is 12.1. The van der Waals surface area contributed by atoms with Crippen LogP contribution in [0.15, 0.2) is 53.0 Å². The second-order valence-electron chi connectivity index (χ2n) is 5.48. The van der Waals surface area contributed by atoms with Gasteiger partial charge in [-0.15, -0.1) is 0 Å². The van der Waals surface area contributed by atoms with Crippen molar-refractivity contribution in [2.45, 2.75) is 25.9 Å². The van der Waals surface area contributed by atoms with E-state index in [-0.39, 0.29) is 12.3 Å². The smallest absolute Gasteiger partial charge is 0.306 e. The topological polar surface area (TPSA) is 64.6 Å². The van der Waals surface area contributed by atoms with Gasteiger partial charge in [0, 0.05) is 16.6 Å². The summed E-state index contributed by atoms with van der Waals surface area (Å²) in [6.45, 7) is 1.56. The summed E-state index contributed by atoms with van der Waals surface area (Å²) in [5.41, 5.74) is 1.65. The highest BCUT2D eigenvalue weighted by Crippen LogP contribution is 2.15. The largest absolute Gasteiger partial charge is 0.497 e. The minimum atomic E-state index is -0.855. The van der Waals surface area contributed by atoms with Gasteiger partial charge in [-0.3, -0.25) is 9.59 Å². The molecule has 0 radical (unpaired) electrons. The van der Waals surface area contributed by atoms with Crippen molar-refractivity contribution in [3.05, 3.63) is 58.6 Å². The van der Waals surface area contributed by atoms with Gasteiger partial charge in [-0.25, -0.2) is 0 Å². The normalized spacial score (nSPS) is 11.5. The molecule has 0 bridgehead atoms. The van der Waals surface area contributed by atoms with E-state index in [0.29, 0.717) is 12.1 Å². The number of rotatable bonds is 7.